The normalized spacial score (nSPS) is 18.9. The number of hydrogen-bond acceptors (Lipinski definition) is 3. The smallest absolute Gasteiger partial charge is 0.142 e. The molecule has 2 aromatic rings. The third kappa shape index (κ3) is 2.93. The minimum atomic E-state index is -0.00216. The average Bonchev–Trinajstić information content (AvgIpc) is 2.54. The van der Waals surface area contributed by atoms with Gasteiger partial charge in [0.1, 0.15) is 5.78 Å². The third-order valence-corrected chi connectivity index (χ3v) is 4.20. The first-order chi connectivity index (χ1) is 10.3. The van der Waals surface area contributed by atoms with Crippen molar-refractivity contribution in [2.24, 2.45) is 5.92 Å². The van der Waals surface area contributed by atoms with Crippen LogP contribution in [0.1, 0.15) is 13.3 Å². The first-order valence-corrected chi connectivity index (χ1v) is 7.62. The predicted octanol–water partition coefficient (Wildman–Crippen LogP) is 3.27. The topological polar surface area (TPSA) is 29.5 Å². The number of anilines is 1. The lowest BCUT2D eigenvalue weighted by molar-refractivity contribution is -0.129. The highest BCUT2D eigenvalue weighted by Crippen LogP contribution is 2.27. The Labute approximate surface area is 125 Å². The second-order valence-corrected chi connectivity index (χ2v) is 5.53. The molecule has 1 saturated heterocycles. The minimum absolute atomic E-state index is 0.00216. The summed E-state index contributed by atoms with van der Waals surface area (Å²) >= 11 is 0. The number of hydrogen-bond donors (Lipinski definition) is 0. The number of carbonyl (C=O) groups excluding carboxylic acids is 1. The summed E-state index contributed by atoms with van der Waals surface area (Å²) < 4.78 is 5.47. The number of nitrogens with zero attached hydrogens (tertiary/aromatic N) is 1. The van der Waals surface area contributed by atoms with Crippen molar-refractivity contribution in [2.75, 3.05) is 31.2 Å². The molecule has 0 N–H and O–H groups in total. The van der Waals surface area contributed by atoms with Gasteiger partial charge < -0.3 is 9.64 Å². The van der Waals surface area contributed by atoms with E-state index in [9.17, 15) is 4.79 Å². The molecule has 1 aliphatic rings. The zero-order valence-corrected chi connectivity index (χ0v) is 12.4. The summed E-state index contributed by atoms with van der Waals surface area (Å²) in [5.74, 6) is 0.331. The molecule has 0 radical (unpaired) electrons. The van der Waals surface area contributed by atoms with E-state index in [-0.39, 0.29) is 5.92 Å². The van der Waals surface area contributed by atoms with Gasteiger partial charge in [0, 0.05) is 30.6 Å². The first kappa shape index (κ1) is 14.1. The van der Waals surface area contributed by atoms with Gasteiger partial charge in [-0.05, 0) is 18.4 Å². The molecule has 2 aromatic carbocycles. The van der Waals surface area contributed by atoms with Crippen LogP contribution in [0.15, 0.2) is 42.5 Å². The van der Waals surface area contributed by atoms with Crippen LogP contribution >= 0.6 is 0 Å². The van der Waals surface area contributed by atoms with Crippen LogP contribution in [0.3, 0.4) is 0 Å². The molecule has 110 valence electrons. The molecular weight excluding hydrogens is 262 g/mol. The highest BCUT2D eigenvalue weighted by molar-refractivity contribution is 5.94. The van der Waals surface area contributed by atoms with Crippen LogP contribution in [0.2, 0.25) is 0 Å². The maximum absolute atomic E-state index is 12.0. The van der Waals surface area contributed by atoms with Crippen molar-refractivity contribution in [1.82, 2.24) is 0 Å². The van der Waals surface area contributed by atoms with Crippen molar-refractivity contribution in [3.8, 4) is 0 Å². The molecule has 1 fully saturated rings. The number of benzene rings is 2. The Hall–Kier alpha value is -1.87. The predicted molar refractivity (Wildman–Crippen MR) is 85.8 cm³/mol. The Morgan fingerprint density at radius 2 is 2.00 bits per heavy atom. The molecule has 3 rings (SSSR count). The summed E-state index contributed by atoms with van der Waals surface area (Å²) in [5, 5.41) is 2.48. The van der Waals surface area contributed by atoms with Gasteiger partial charge in [0.15, 0.2) is 0 Å². The van der Waals surface area contributed by atoms with Crippen LogP contribution in [-0.4, -0.2) is 32.1 Å². The molecule has 1 atom stereocenters. The molecule has 1 heterocycles. The third-order valence-electron chi connectivity index (χ3n) is 4.20. The van der Waals surface area contributed by atoms with Crippen LogP contribution in [0, 0.1) is 5.92 Å². The average molecular weight is 283 g/mol. The number of ether oxygens (including phenoxy) is 1. The van der Waals surface area contributed by atoms with Gasteiger partial charge in [0.25, 0.3) is 0 Å². The molecule has 21 heavy (non-hydrogen) atoms. The van der Waals surface area contributed by atoms with Crippen molar-refractivity contribution >= 4 is 22.2 Å². The SMILES string of the molecule is CCN(CC1COCCC1=O)c1cccc2ccccc12. The molecule has 0 amide bonds. The lowest BCUT2D eigenvalue weighted by Gasteiger charge is -2.30. The molecule has 0 bridgehead atoms. The maximum atomic E-state index is 12.0. The van der Waals surface area contributed by atoms with Crippen LogP contribution in [0.5, 0.6) is 0 Å². The lowest BCUT2D eigenvalue weighted by atomic mass is 9.99. The van der Waals surface area contributed by atoms with Crippen molar-refractivity contribution in [3.63, 3.8) is 0 Å². The summed E-state index contributed by atoms with van der Waals surface area (Å²) in [7, 11) is 0. The second-order valence-electron chi connectivity index (χ2n) is 5.53. The van der Waals surface area contributed by atoms with Gasteiger partial charge in [-0.3, -0.25) is 4.79 Å². The van der Waals surface area contributed by atoms with E-state index in [2.05, 4.69) is 54.3 Å². The quantitative estimate of drug-likeness (QED) is 0.862. The lowest BCUT2D eigenvalue weighted by Crippen LogP contribution is -2.38. The molecule has 3 heteroatoms. The Bertz CT molecular complexity index is 633. The number of rotatable bonds is 4. The van der Waals surface area contributed by atoms with E-state index in [1.54, 1.807) is 0 Å². The Morgan fingerprint density at radius 3 is 2.81 bits per heavy atom. The molecule has 0 aliphatic carbocycles. The summed E-state index contributed by atoms with van der Waals surface area (Å²) in [6.07, 6.45) is 0.553. The van der Waals surface area contributed by atoms with Crippen molar-refractivity contribution in [2.45, 2.75) is 13.3 Å². The monoisotopic (exact) mass is 283 g/mol. The van der Waals surface area contributed by atoms with E-state index in [0.717, 1.165) is 13.1 Å². The zero-order valence-electron chi connectivity index (χ0n) is 12.4. The molecule has 0 saturated carbocycles. The Balaban J connectivity index is 1.89. The van der Waals surface area contributed by atoms with Gasteiger partial charge in [0.05, 0.1) is 19.1 Å². The number of carbonyl (C=O) groups is 1. The molecular formula is C18H21NO2. The highest BCUT2D eigenvalue weighted by atomic mass is 16.5. The van der Waals surface area contributed by atoms with Crippen LogP contribution in [0.4, 0.5) is 5.69 Å². The number of fused-ring (bicyclic) bond motifs is 1. The fourth-order valence-electron chi connectivity index (χ4n) is 3.00. The number of ketones is 1. The molecule has 0 spiro atoms. The Kier molecular flexibility index (Phi) is 4.20. The van der Waals surface area contributed by atoms with Crippen molar-refractivity contribution in [3.05, 3.63) is 42.5 Å². The van der Waals surface area contributed by atoms with Crippen LogP contribution in [0.25, 0.3) is 10.8 Å². The van der Waals surface area contributed by atoms with E-state index in [1.165, 1.54) is 16.5 Å². The van der Waals surface area contributed by atoms with Crippen molar-refractivity contribution < 1.29 is 9.53 Å². The second kappa shape index (κ2) is 6.27. The van der Waals surface area contributed by atoms with Crippen molar-refractivity contribution in [1.29, 1.82) is 0 Å². The van der Waals surface area contributed by atoms with Gasteiger partial charge in [-0.1, -0.05) is 36.4 Å². The van der Waals surface area contributed by atoms with E-state index >= 15 is 0 Å². The fourth-order valence-corrected chi connectivity index (χ4v) is 3.00. The summed E-state index contributed by atoms with van der Waals surface area (Å²) in [5.41, 5.74) is 1.20. The summed E-state index contributed by atoms with van der Waals surface area (Å²) in [6.45, 7) is 4.90. The van der Waals surface area contributed by atoms with Crippen LogP contribution < -0.4 is 4.90 Å². The summed E-state index contributed by atoms with van der Waals surface area (Å²) in [6, 6.07) is 14.7. The van der Waals surface area contributed by atoms with Gasteiger partial charge in [-0.2, -0.15) is 0 Å². The van der Waals surface area contributed by atoms with Gasteiger partial charge in [-0.15, -0.1) is 0 Å². The molecule has 1 unspecified atom stereocenters. The number of Topliss-reactive ketones (excluding diaryl/α,β-unsaturated/α-hetero) is 1. The van der Waals surface area contributed by atoms with E-state index in [1.807, 2.05) is 0 Å². The van der Waals surface area contributed by atoms with E-state index < -0.39 is 0 Å². The minimum Gasteiger partial charge on any atom is -0.380 e. The summed E-state index contributed by atoms with van der Waals surface area (Å²) in [4.78, 5) is 14.3. The highest BCUT2D eigenvalue weighted by Gasteiger charge is 2.25. The van der Waals surface area contributed by atoms with Gasteiger partial charge >= 0.3 is 0 Å². The van der Waals surface area contributed by atoms with Gasteiger partial charge in [-0.25, -0.2) is 0 Å². The maximum Gasteiger partial charge on any atom is 0.142 e. The largest absolute Gasteiger partial charge is 0.380 e. The van der Waals surface area contributed by atoms with Crippen LogP contribution in [-0.2, 0) is 9.53 Å². The molecule has 1 aliphatic heterocycles. The zero-order chi connectivity index (χ0) is 14.7. The molecule has 3 nitrogen and oxygen atoms in total. The Morgan fingerprint density at radius 1 is 1.19 bits per heavy atom. The van der Waals surface area contributed by atoms with E-state index in [4.69, 9.17) is 4.74 Å². The van der Waals surface area contributed by atoms with Gasteiger partial charge in [0.2, 0.25) is 0 Å². The molecule has 0 aromatic heterocycles. The van der Waals surface area contributed by atoms with E-state index in [0.29, 0.717) is 25.4 Å². The fraction of sp³-hybridized carbons (Fsp3) is 0.389. The first-order valence-electron chi connectivity index (χ1n) is 7.62. The standard InChI is InChI=1S/C18H21NO2/c1-2-19(12-15-13-21-11-10-18(15)20)17-9-5-7-14-6-3-4-8-16(14)17/h3-9,15H,2,10-13H2,1H3.